The van der Waals surface area contributed by atoms with E-state index < -0.39 is 5.97 Å². The maximum atomic E-state index is 11.6. The van der Waals surface area contributed by atoms with E-state index in [-0.39, 0.29) is 19.1 Å². The van der Waals surface area contributed by atoms with Gasteiger partial charge in [-0.05, 0) is 12.1 Å². The molecule has 2 aromatic rings. The van der Waals surface area contributed by atoms with E-state index in [0.29, 0.717) is 15.6 Å². The van der Waals surface area contributed by atoms with Crippen molar-refractivity contribution >= 4 is 35.1 Å². The average molecular weight is 301 g/mol. The highest BCUT2D eigenvalue weighted by Crippen LogP contribution is 2.21. The minimum atomic E-state index is -0.462. The molecule has 2 rings (SSSR count). The molecule has 19 heavy (non-hydrogen) atoms. The molecule has 0 unspecified atom stereocenters. The summed E-state index contributed by atoms with van der Waals surface area (Å²) in [5, 5.41) is 4.75. The molecule has 0 saturated heterocycles. The second kappa shape index (κ2) is 5.90. The van der Waals surface area contributed by atoms with Crippen LogP contribution in [0.15, 0.2) is 24.5 Å². The van der Waals surface area contributed by atoms with Gasteiger partial charge in [0.25, 0.3) is 0 Å². The molecule has 1 aromatic carbocycles. The third-order valence-corrected chi connectivity index (χ3v) is 2.84. The number of nitrogen functional groups attached to an aromatic ring is 1. The number of hydrogen-bond acceptors (Lipinski definition) is 5. The van der Waals surface area contributed by atoms with Crippen molar-refractivity contribution in [2.45, 2.75) is 13.2 Å². The Morgan fingerprint density at radius 3 is 2.84 bits per heavy atom. The number of ether oxygens (including phenoxy) is 1. The predicted molar refractivity (Wildman–Crippen MR) is 70.7 cm³/mol. The van der Waals surface area contributed by atoms with Crippen LogP contribution in [0.2, 0.25) is 10.0 Å². The Kier molecular flexibility index (Phi) is 4.24. The number of rotatable bonds is 4. The molecule has 0 spiro atoms. The van der Waals surface area contributed by atoms with Crippen molar-refractivity contribution in [1.82, 2.24) is 14.8 Å². The van der Waals surface area contributed by atoms with Crippen LogP contribution in [0.5, 0.6) is 0 Å². The number of carbonyl (C=O) groups excluding carboxylic acids is 1. The molecule has 1 heterocycles. The number of halogens is 2. The van der Waals surface area contributed by atoms with Crippen molar-refractivity contribution in [2.75, 3.05) is 5.73 Å². The fourth-order valence-corrected chi connectivity index (χ4v) is 1.82. The van der Waals surface area contributed by atoms with Crippen molar-refractivity contribution in [3.63, 3.8) is 0 Å². The predicted octanol–water partition coefficient (Wildman–Crippen LogP) is 1.91. The monoisotopic (exact) mass is 300 g/mol. The molecule has 0 aliphatic rings. The van der Waals surface area contributed by atoms with Gasteiger partial charge in [0.15, 0.2) is 0 Å². The molecule has 0 fully saturated rings. The summed E-state index contributed by atoms with van der Waals surface area (Å²) >= 11 is 11.7. The topological polar surface area (TPSA) is 83.0 Å². The van der Waals surface area contributed by atoms with Crippen LogP contribution in [0.1, 0.15) is 5.56 Å². The van der Waals surface area contributed by atoms with E-state index in [1.807, 2.05) is 0 Å². The number of carbonyl (C=O) groups is 1. The van der Waals surface area contributed by atoms with Crippen LogP contribution >= 0.6 is 23.2 Å². The molecule has 0 atom stereocenters. The van der Waals surface area contributed by atoms with E-state index in [4.69, 9.17) is 33.7 Å². The van der Waals surface area contributed by atoms with Gasteiger partial charge < -0.3 is 10.5 Å². The first kappa shape index (κ1) is 13.6. The zero-order chi connectivity index (χ0) is 13.8. The molecule has 0 amide bonds. The third kappa shape index (κ3) is 3.84. The molecule has 0 saturated carbocycles. The minimum absolute atomic E-state index is 0.0601. The van der Waals surface area contributed by atoms with Crippen LogP contribution in [0, 0.1) is 0 Å². The van der Waals surface area contributed by atoms with Gasteiger partial charge in [0, 0.05) is 15.6 Å². The zero-order valence-corrected chi connectivity index (χ0v) is 11.2. The van der Waals surface area contributed by atoms with Gasteiger partial charge in [-0.25, -0.2) is 9.67 Å². The second-order valence-corrected chi connectivity index (χ2v) is 4.54. The minimum Gasteiger partial charge on any atom is -0.459 e. The molecular formula is C11H10Cl2N4O2. The number of esters is 1. The number of nitrogens with zero attached hydrogens (tertiary/aromatic N) is 3. The van der Waals surface area contributed by atoms with Crippen LogP contribution < -0.4 is 5.73 Å². The first-order chi connectivity index (χ1) is 9.04. The van der Waals surface area contributed by atoms with E-state index in [1.54, 1.807) is 18.2 Å². The molecule has 8 heteroatoms. The van der Waals surface area contributed by atoms with Crippen molar-refractivity contribution in [3.05, 3.63) is 40.1 Å². The van der Waals surface area contributed by atoms with Crippen LogP contribution in [0.3, 0.4) is 0 Å². The summed E-state index contributed by atoms with van der Waals surface area (Å²) in [5.41, 5.74) is 6.01. The number of aromatic nitrogens is 3. The molecule has 0 bridgehead atoms. The van der Waals surface area contributed by atoms with Crippen LogP contribution in [-0.2, 0) is 22.7 Å². The number of benzene rings is 1. The molecule has 0 radical (unpaired) electrons. The largest absolute Gasteiger partial charge is 0.459 e. The number of hydrogen-bond donors (Lipinski definition) is 1. The third-order valence-electron chi connectivity index (χ3n) is 2.25. The summed E-state index contributed by atoms with van der Waals surface area (Å²) < 4.78 is 6.36. The van der Waals surface area contributed by atoms with Gasteiger partial charge >= 0.3 is 5.97 Å². The van der Waals surface area contributed by atoms with Gasteiger partial charge in [0.2, 0.25) is 5.95 Å². The molecule has 2 N–H and O–H groups in total. The molecule has 100 valence electrons. The summed E-state index contributed by atoms with van der Waals surface area (Å²) in [6.07, 6.45) is 1.35. The lowest BCUT2D eigenvalue weighted by Gasteiger charge is -2.06. The highest BCUT2D eigenvalue weighted by atomic mass is 35.5. The van der Waals surface area contributed by atoms with Crippen LogP contribution in [0.25, 0.3) is 0 Å². The SMILES string of the molecule is Nc1ncn(CC(=O)OCc2ccc(Cl)cc2Cl)n1. The van der Waals surface area contributed by atoms with Gasteiger partial charge in [-0.3, -0.25) is 4.79 Å². The van der Waals surface area contributed by atoms with Gasteiger partial charge in [0.1, 0.15) is 19.5 Å². The van der Waals surface area contributed by atoms with Gasteiger partial charge in [-0.15, -0.1) is 5.10 Å². The van der Waals surface area contributed by atoms with Crippen LogP contribution in [0.4, 0.5) is 5.95 Å². The summed E-state index contributed by atoms with van der Waals surface area (Å²) in [7, 11) is 0. The highest BCUT2D eigenvalue weighted by molar-refractivity contribution is 6.35. The van der Waals surface area contributed by atoms with Crippen molar-refractivity contribution in [3.8, 4) is 0 Å². The lowest BCUT2D eigenvalue weighted by Crippen LogP contribution is -2.14. The smallest absolute Gasteiger partial charge is 0.328 e. The Labute approximate surface area is 119 Å². The van der Waals surface area contributed by atoms with Crippen molar-refractivity contribution < 1.29 is 9.53 Å². The van der Waals surface area contributed by atoms with Crippen LogP contribution in [-0.4, -0.2) is 20.7 Å². The van der Waals surface area contributed by atoms with E-state index in [2.05, 4.69) is 10.1 Å². The quantitative estimate of drug-likeness (QED) is 0.872. The Balaban J connectivity index is 1.89. The van der Waals surface area contributed by atoms with Crippen molar-refractivity contribution in [1.29, 1.82) is 0 Å². The first-order valence-electron chi connectivity index (χ1n) is 5.29. The van der Waals surface area contributed by atoms with E-state index in [9.17, 15) is 4.79 Å². The summed E-state index contributed by atoms with van der Waals surface area (Å²) in [6.45, 7) is 0.00836. The Hall–Kier alpha value is -1.79. The summed E-state index contributed by atoms with van der Waals surface area (Å²) in [5.74, 6) is -0.357. The molecular weight excluding hydrogens is 291 g/mol. The van der Waals surface area contributed by atoms with Gasteiger partial charge in [-0.1, -0.05) is 29.3 Å². The lowest BCUT2D eigenvalue weighted by molar-refractivity contribution is -0.145. The first-order valence-corrected chi connectivity index (χ1v) is 6.04. The van der Waals surface area contributed by atoms with Gasteiger partial charge in [0.05, 0.1) is 0 Å². The van der Waals surface area contributed by atoms with Gasteiger partial charge in [-0.2, -0.15) is 0 Å². The molecule has 0 aliphatic heterocycles. The summed E-state index contributed by atoms with van der Waals surface area (Å²) in [6, 6.07) is 4.96. The highest BCUT2D eigenvalue weighted by Gasteiger charge is 2.08. The Morgan fingerprint density at radius 1 is 1.42 bits per heavy atom. The van der Waals surface area contributed by atoms with Crippen molar-refractivity contribution in [2.24, 2.45) is 0 Å². The maximum absolute atomic E-state index is 11.6. The zero-order valence-electron chi connectivity index (χ0n) is 9.72. The fourth-order valence-electron chi connectivity index (χ4n) is 1.36. The van der Waals surface area contributed by atoms with E-state index in [1.165, 1.54) is 11.0 Å². The van der Waals surface area contributed by atoms with E-state index >= 15 is 0 Å². The summed E-state index contributed by atoms with van der Waals surface area (Å²) in [4.78, 5) is 15.3. The number of nitrogens with two attached hydrogens (primary N) is 1. The molecule has 1 aromatic heterocycles. The standard InChI is InChI=1S/C11H10Cl2N4O2/c12-8-2-1-7(9(13)3-8)5-19-10(18)4-17-6-15-11(14)16-17/h1-3,6H,4-5H2,(H2,14,16). The second-order valence-electron chi connectivity index (χ2n) is 3.70. The molecule has 6 nitrogen and oxygen atoms in total. The Morgan fingerprint density at radius 2 is 2.21 bits per heavy atom. The average Bonchev–Trinajstić information content (AvgIpc) is 2.73. The van der Waals surface area contributed by atoms with E-state index in [0.717, 1.165) is 0 Å². The normalized spacial score (nSPS) is 10.4. The molecule has 0 aliphatic carbocycles. The Bertz CT molecular complexity index is 600. The maximum Gasteiger partial charge on any atom is 0.328 e. The fraction of sp³-hybridized carbons (Fsp3) is 0.182. The number of anilines is 1. The lowest BCUT2D eigenvalue weighted by atomic mass is 10.2.